The Bertz CT molecular complexity index is 554. The number of halogens is 3. The van der Waals surface area contributed by atoms with E-state index in [0.717, 1.165) is 32.6 Å². The number of nitrogens with zero attached hydrogens (tertiary/aromatic N) is 1. The minimum Gasteiger partial charge on any atom is -0.490 e. The van der Waals surface area contributed by atoms with Crippen LogP contribution in [0.4, 0.5) is 5.69 Å². The smallest absolute Gasteiger partial charge is 0.238 e. The highest BCUT2D eigenvalue weighted by atomic mass is 35.5. The molecule has 3 rings (SSSR count). The third kappa shape index (κ3) is 5.57. The highest BCUT2D eigenvalue weighted by Gasteiger charge is 2.17. The molecule has 2 N–H and O–H groups in total. The topological polar surface area (TPSA) is 62.8 Å². The Hall–Kier alpha value is -0.920. The van der Waals surface area contributed by atoms with Crippen LogP contribution in [0.25, 0.3) is 0 Å². The maximum Gasteiger partial charge on any atom is 0.238 e. The van der Waals surface area contributed by atoms with Gasteiger partial charge in [0.05, 0.1) is 30.5 Å². The summed E-state index contributed by atoms with van der Waals surface area (Å²) in [5.41, 5.74) is 0.561. The summed E-state index contributed by atoms with van der Waals surface area (Å²) < 4.78 is 11.2. The van der Waals surface area contributed by atoms with Crippen molar-refractivity contribution in [1.29, 1.82) is 0 Å². The van der Waals surface area contributed by atoms with E-state index in [1.54, 1.807) is 12.1 Å². The van der Waals surface area contributed by atoms with Gasteiger partial charge in [0, 0.05) is 44.7 Å². The zero-order valence-electron chi connectivity index (χ0n) is 13.2. The van der Waals surface area contributed by atoms with Gasteiger partial charge in [-0.25, -0.2) is 0 Å². The molecule has 24 heavy (non-hydrogen) atoms. The van der Waals surface area contributed by atoms with E-state index in [1.165, 1.54) is 0 Å². The van der Waals surface area contributed by atoms with E-state index in [4.69, 9.17) is 21.1 Å². The van der Waals surface area contributed by atoms with E-state index in [2.05, 4.69) is 15.5 Å². The Kier molecular flexibility index (Phi) is 8.94. The van der Waals surface area contributed by atoms with E-state index in [9.17, 15) is 4.79 Å². The van der Waals surface area contributed by atoms with Gasteiger partial charge in [-0.1, -0.05) is 11.6 Å². The van der Waals surface area contributed by atoms with Crippen LogP contribution in [0.1, 0.15) is 6.42 Å². The molecule has 1 aromatic carbocycles. The summed E-state index contributed by atoms with van der Waals surface area (Å²) in [7, 11) is 0. The van der Waals surface area contributed by atoms with E-state index >= 15 is 0 Å². The second kappa shape index (κ2) is 10.2. The zero-order valence-corrected chi connectivity index (χ0v) is 15.6. The van der Waals surface area contributed by atoms with Crippen molar-refractivity contribution in [1.82, 2.24) is 10.2 Å². The molecule has 0 saturated carbocycles. The lowest BCUT2D eigenvalue weighted by Gasteiger charge is -2.26. The van der Waals surface area contributed by atoms with Crippen LogP contribution in [0.3, 0.4) is 0 Å². The van der Waals surface area contributed by atoms with Crippen LogP contribution in [0.15, 0.2) is 12.1 Å². The second-order valence-corrected chi connectivity index (χ2v) is 5.81. The van der Waals surface area contributed by atoms with Crippen molar-refractivity contribution in [2.45, 2.75) is 6.42 Å². The lowest BCUT2D eigenvalue weighted by atomic mass is 10.2. The second-order valence-electron chi connectivity index (χ2n) is 5.40. The number of carbonyl (C=O) groups is 1. The number of hydrogen-bond donors (Lipinski definition) is 2. The van der Waals surface area contributed by atoms with Gasteiger partial charge in [-0.3, -0.25) is 9.69 Å². The third-order valence-corrected chi connectivity index (χ3v) is 4.00. The van der Waals surface area contributed by atoms with Crippen molar-refractivity contribution >= 4 is 48.0 Å². The number of amides is 1. The number of ether oxygens (including phenoxy) is 2. The van der Waals surface area contributed by atoms with E-state index in [0.29, 0.717) is 42.0 Å². The Morgan fingerprint density at radius 3 is 2.46 bits per heavy atom. The molecule has 0 bridgehead atoms. The van der Waals surface area contributed by atoms with Crippen molar-refractivity contribution < 1.29 is 14.3 Å². The van der Waals surface area contributed by atoms with Gasteiger partial charge in [-0.15, -0.1) is 24.8 Å². The maximum atomic E-state index is 12.2. The Labute approximate surface area is 159 Å². The first-order valence-corrected chi connectivity index (χ1v) is 7.92. The molecule has 136 valence electrons. The summed E-state index contributed by atoms with van der Waals surface area (Å²) in [5.74, 6) is 1.18. The number of rotatable bonds is 3. The minimum atomic E-state index is -0.0710. The van der Waals surface area contributed by atoms with Crippen molar-refractivity contribution in [3.63, 3.8) is 0 Å². The first kappa shape index (κ1) is 21.1. The molecule has 9 heteroatoms. The maximum absolute atomic E-state index is 12.2. The molecule has 1 saturated heterocycles. The number of fused-ring (bicyclic) bond motifs is 1. The molecule has 0 aliphatic carbocycles. The van der Waals surface area contributed by atoms with Gasteiger partial charge in [-0.05, 0) is 0 Å². The quantitative estimate of drug-likeness (QED) is 0.817. The van der Waals surface area contributed by atoms with Crippen LogP contribution in [0.2, 0.25) is 5.02 Å². The number of benzene rings is 1. The summed E-state index contributed by atoms with van der Waals surface area (Å²) in [5, 5.41) is 6.58. The Morgan fingerprint density at radius 1 is 1.17 bits per heavy atom. The molecule has 0 spiro atoms. The summed E-state index contributed by atoms with van der Waals surface area (Å²) in [6.45, 7) is 5.16. The molecule has 2 aliphatic heterocycles. The highest BCUT2D eigenvalue weighted by molar-refractivity contribution is 6.34. The van der Waals surface area contributed by atoms with Crippen LogP contribution < -0.4 is 20.1 Å². The lowest BCUT2D eigenvalue weighted by Crippen LogP contribution is -2.46. The van der Waals surface area contributed by atoms with Gasteiger partial charge in [0.15, 0.2) is 11.5 Å². The molecule has 6 nitrogen and oxygen atoms in total. The minimum absolute atomic E-state index is 0. The summed E-state index contributed by atoms with van der Waals surface area (Å²) in [6, 6.07) is 3.43. The van der Waals surface area contributed by atoms with Gasteiger partial charge >= 0.3 is 0 Å². The van der Waals surface area contributed by atoms with Crippen LogP contribution in [0.5, 0.6) is 11.5 Å². The molecule has 0 unspecified atom stereocenters. The monoisotopic (exact) mass is 397 g/mol. The molecule has 1 amide bonds. The van der Waals surface area contributed by atoms with E-state index in [1.807, 2.05) is 0 Å². The molecule has 0 aromatic heterocycles. The van der Waals surface area contributed by atoms with Gasteiger partial charge in [0.1, 0.15) is 0 Å². The number of carbonyl (C=O) groups excluding carboxylic acids is 1. The van der Waals surface area contributed by atoms with Gasteiger partial charge in [-0.2, -0.15) is 0 Å². The molecular formula is C15H22Cl3N3O3. The van der Waals surface area contributed by atoms with Crippen molar-refractivity contribution in [2.75, 3.05) is 51.3 Å². The lowest BCUT2D eigenvalue weighted by molar-refractivity contribution is -0.117. The van der Waals surface area contributed by atoms with Crippen LogP contribution >= 0.6 is 36.4 Å². The van der Waals surface area contributed by atoms with Gasteiger partial charge < -0.3 is 20.1 Å². The normalized spacial score (nSPS) is 17.0. The fourth-order valence-electron chi connectivity index (χ4n) is 2.54. The summed E-state index contributed by atoms with van der Waals surface area (Å²) in [4.78, 5) is 14.3. The SMILES string of the molecule is Cl.Cl.O=C(CN1CCNCC1)Nc1cc2c(cc1Cl)OCCCO2. The molecule has 0 atom stereocenters. The summed E-state index contributed by atoms with van der Waals surface area (Å²) in [6.07, 6.45) is 0.830. The van der Waals surface area contributed by atoms with E-state index in [-0.39, 0.29) is 30.7 Å². The largest absolute Gasteiger partial charge is 0.490 e. The number of hydrogen-bond acceptors (Lipinski definition) is 5. The predicted octanol–water partition coefficient (Wildman–Crippen LogP) is 2.19. The Morgan fingerprint density at radius 2 is 1.79 bits per heavy atom. The first-order chi connectivity index (χ1) is 10.7. The summed E-state index contributed by atoms with van der Waals surface area (Å²) >= 11 is 6.23. The number of nitrogens with one attached hydrogen (secondary N) is 2. The average molecular weight is 399 g/mol. The van der Waals surface area contributed by atoms with Crippen molar-refractivity contribution in [2.24, 2.45) is 0 Å². The van der Waals surface area contributed by atoms with Gasteiger partial charge in [0.25, 0.3) is 0 Å². The van der Waals surface area contributed by atoms with Gasteiger partial charge in [0.2, 0.25) is 5.91 Å². The molecular weight excluding hydrogens is 377 g/mol. The molecule has 2 aliphatic rings. The average Bonchev–Trinajstić information content (AvgIpc) is 2.73. The molecule has 1 aromatic rings. The Balaban J connectivity index is 0.00000144. The van der Waals surface area contributed by atoms with Crippen molar-refractivity contribution in [3.05, 3.63) is 17.2 Å². The highest BCUT2D eigenvalue weighted by Crippen LogP contribution is 2.37. The fourth-order valence-corrected chi connectivity index (χ4v) is 2.74. The number of anilines is 1. The van der Waals surface area contributed by atoms with Crippen LogP contribution in [-0.2, 0) is 4.79 Å². The van der Waals surface area contributed by atoms with Crippen molar-refractivity contribution in [3.8, 4) is 11.5 Å². The fraction of sp³-hybridized carbons (Fsp3) is 0.533. The first-order valence-electron chi connectivity index (χ1n) is 7.54. The van der Waals surface area contributed by atoms with E-state index < -0.39 is 0 Å². The number of piperazine rings is 1. The van der Waals surface area contributed by atoms with Crippen LogP contribution in [-0.4, -0.2) is 56.7 Å². The predicted molar refractivity (Wildman–Crippen MR) is 99.5 cm³/mol. The van der Waals surface area contributed by atoms with Crippen LogP contribution in [0, 0.1) is 0 Å². The molecule has 2 heterocycles. The zero-order chi connectivity index (χ0) is 15.4. The standard InChI is InChI=1S/C15H20ClN3O3.2ClH/c16-11-8-13-14(22-7-1-6-21-13)9-12(11)18-15(20)10-19-4-2-17-3-5-19;;/h8-9,17H,1-7,10H2,(H,18,20);2*1H. The molecule has 0 radical (unpaired) electrons. The third-order valence-electron chi connectivity index (χ3n) is 3.69. The molecule has 1 fully saturated rings.